The Morgan fingerprint density at radius 1 is 0.969 bits per heavy atom. The van der Waals surface area contributed by atoms with Crippen LogP contribution < -0.4 is 5.73 Å². The molecular formula is C24H20Cl3NO3S. The lowest BCUT2D eigenvalue weighted by atomic mass is 9.86. The first-order chi connectivity index (χ1) is 15.2. The van der Waals surface area contributed by atoms with Crippen molar-refractivity contribution in [3.05, 3.63) is 98.0 Å². The molecule has 0 aliphatic heterocycles. The molecular weight excluding hydrogens is 489 g/mol. The Labute approximate surface area is 202 Å². The van der Waals surface area contributed by atoms with E-state index in [0.717, 1.165) is 5.56 Å². The molecule has 2 atom stereocenters. The number of hydrogen-bond acceptors (Lipinski definition) is 4. The van der Waals surface area contributed by atoms with Gasteiger partial charge in [-0.2, -0.15) is 0 Å². The lowest BCUT2D eigenvalue weighted by Gasteiger charge is -2.30. The van der Waals surface area contributed by atoms with Gasteiger partial charge >= 0.3 is 0 Å². The first-order valence-electron chi connectivity index (χ1n) is 10.0. The fraction of sp³-hybridized carbons (Fsp3) is 0.208. The molecule has 1 unspecified atom stereocenters. The zero-order valence-corrected chi connectivity index (χ0v) is 20.0. The first-order valence-corrected chi connectivity index (χ1v) is 12.7. The van der Waals surface area contributed by atoms with Gasteiger partial charge < -0.3 is 5.73 Å². The lowest BCUT2D eigenvalue weighted by Crippen LogP contribution is -2.33. The number of halogens is 3. The highest BCUT2D eigenvalue weighted by Gasteiger charge is 2.36. The summed E-state index contributed by atoms with van der Waals surface area (Å²) in [5.74, 6) is -0.234. The third kappa shape index (κ3) is 4.59. The van der Waals surface area contributed by atoms with E-state index in [-0.39, 0.29) is 45.2 Å². The van der Waals surface area contributed by atoms with E-state index in [1.807, 2.05) is 12.1 Å². The van der Waals surface area contributed by atoms with E-state index in [2.05, 4.69) is 0 Å². The fourth-order valence-electron chi connectivity index (χ4n) is 4.15. The standard InChI is InChI=1S/C24H20Cl3NO3S/c25-16-3-1-4-18(12-16)32(30,31)23-13-17(28)11-15-8-7-14(9-19(15)23)10-22(29)24-20(26)5-2-6-21(24)27/h1-9,12,17,23H,10-11,13,28H2/t17-,23?/m1/s1. The monoisotopic (exact) mass is 507 g/mol. The zero-order chi connectivity index (χ0) is 23.0. The van der Waals surface area contributed by atoms with Gasteiger partial charge in [-0.05, 0) is 59.9 Å². The van der Waals surface area contributed by atoms with E-state index in [1.165, 1.54) is 12.1 Å². The van der Waals surface area contributed by atoms with Crippen molar-refractivity contribution in [3.63, 3.8) is 0 Å². The highest BCUT2D eigenvalue weighted by Crippen LogP contribution is 2.39. The topological polar surface area (TPSA) is 77.2 Å². The number of benzene rings is 3. The van der Waals surface area contributed by atoms with Crippen LogP contribution in [0.2, 0.25) is 15.1 Å². The van der Waals surface area contributed by atoms with Gasteiger partial charge in [0.25, 0.3) is 0 Å². The number of Topliss-reactive ketones (excluding diaryl/α,β-unsaturated/α-hetero) is 1. The Morgan fingerprint density at radius 2 is 1.66 bits per heavy atom. The van der Waals surface area contributed by atoms with Gasteiger partial charge in [-0.25, -0.2) is 8.42 Å². The molecule has 0 radical (unpaired) electrons. The summed E-state index contributed by atoms with van der Waals surface area (Å²) in [4.78, 5) is 13.0. The third-order valence-electron chi connectivity index (χ3n) is 5.66. The first kappa shape index (κ1) is 23.3. The quantitative estimate of drug-likeness (QED) is 0.438. The predicted molar refractivity (Wildman–Crippen MR) is 129 cm³/mol. The summed E-state index contributed by atoms with van der Waals surface area (Å²) in [5.41, 5.74) is 8.68. The molecule has 0 spiro atoms. The SMILES string of the molecule is N[C@@H]1Cc2ccc(CC(=O)c3c(Cl)cccc3Cl)cc2C(S(=O)(=O)c2cccc(Cl)c2)C1. The van der Waals surface area contributed by atoms with Crippen LogP contribution in [0.25, 0.3) is 0 Å². The van der Waals surface area contributed by atoms with Crippen LogP contribution in [-0.4, -0.2) is 20.2 Å². The van der Waals surface area contributed by atoms with Crippen molar-refractivity contribution in [2.24, 2.45) is 5.73 Å². The summed E-state index contributed by atoms with van der Waals surface area (Å²) in [6, 6.07) is 16.3. The Balaban J connectivity index is 1.72. The number of nitrogens with two attached hydrogens (primary N) is 1. The highest BCUT2D eigenvalue weighted by molar-refractivity contribution is 7.91. The number of carbonyl (C=O) groups is 1. The average molecular weight is 509 g/mol. The molecule has 8 heteroatoms. The van der Waals surface area contributed by atoms with Gasteiger partial charge in [0.1, 0.15) is 0 Å². The van der Waals surface area contributed by atoms with Crippen LogP contribution in [0.5, 0.6) is 0 Å². The maximum Gasteiger partial charge on any atom is 0.185 e. The van der Waals surface area contributed by atoms with Gasteiger partial charge in [0, 0.05) is 17.5 Å². The second-order valence-electron chi connectivity index (χ2n) is 7.92. The molecule has 0 aromatic heterocycles. The molecule has 0 amide bonds. The normalized spacial score (nSPS) is 18.2. The van der Waals surface area contributed by atoms with Crippen LogP contribution in [-0.2, 0) is 22.7 Å². The van der Waals surface area contributed by atoms with Crippen LogP contribution in [0.3, 0.4) is 0 Å². The molecule has 3 aromatic carbocycles. The van der Waals surface area contributed by atoms with E-state index >= 15 is 0 Å². The van der Waals surface area contributed by atoms with E-state index in [1.54, 1.807) is 36.4 Å². The molecule has 0 heterocycles. The summed E-state index contributed by atoms with van der Waals surface area (Å²) < 4.78 is 27.0. The number of sulfone groups is 1. The number of hydrogen-bond donors (Lipinski definition) is 1. The van der Waals surface area contributed by atoms with Crippen molar-refractivity contribution in [2.75, 3.05) is 0 Å². The largest absolute Gasteiger partial charge is 0.327 e. The van der Waals surface area contributed by atoms with Gasteiger partial charge in [-0.15, -0.1) is 0 Å². The van der Waals surface area contributed by atoms with Crippen molar-refractivity contribution in [2.45, 2.75) is 35.4 Å². The fourth-order valence-corrected chi connectivity index (χ4v) is 6.95. The average Bonchev–Trinajstić information content (AvgIpc) is 2.73. The van der Waals surface area contributed by atoms with Crippen LogP contribution in [0.4, 0.5) is 0 Å². The van der Waals surface area contributed by atoms with E-state index in [0.29, 0.717) is 22.6 Å². The Hall–Kier alpha value is -1.89. The summed E-state index contributed by atoms with van der Waals surface area (Å²) in [7, 11) is -3.73. The third-order valence-corrected chi connectivity index (χ3v) is 8.63. The second-order valence-corrected chi connectivity index (χ2v) is 11.3. The van der Waals surface area contributed by atoms with Crippen LogP contribution in [0, 0.1) is 0 Å². The van der Waals surface area contributed by atoms with E-state index in [4.69, 9.17) is 40.5 Å². The molecule has 0 saturated carbocycles. The minimum absolute atomic E-state index is 0.0483. The van der Waals surface area contributed by atoms with Crippen molar-refractivity contribution in [1.82, 2.24) is 0 Å². The maximum absolute atomic E-state index is 13.5. The minimum atomic E-state index is -3.73. The zero-order valence-electron chi connectivity index (χ0n) is 16.9. The molecule has 3 aromatic rings. The van der Waals surface area contributed by atoms with Crippen LogP contribution in [0.15, 0.2) is 65.6 Å². The molecule has 166 valence electrons. The molecule has 32 heavy (non-hydrogen) atoms. The molecule has 0 saturated heterocycles. The Kier molecular flexibility index (Phi) is 6.66. The van der Waals surface area contributed by atoms with Gasteiger partial charge in [0.2, 0.25) is 0 Å². The van der Waals surface area contributed by atoms with E-state index in [9.17, 15) is 13.2 Å². The summed E-state index contributed by atoms with van der Waals surface area (Å²) in [5, 5.41) is 0.0988. The van der Waals surface area contributed by atoms with Crippen LogP contribution >= 0.6 is 34.8 Å². The number of fused-ring (bicyclic) bond motifs is 1. The molecule has 0 bridgehead atoms. The van der Waals surface area contributed by atoms with Crippen LogP contribution in [0.1, 0.15) is 38.7 Å². The molecule has 2 N–H and O–H groups in total. The molecule has 4 rings (SSSR count). The minimum Gasteiger partial charge on any atom is -0.327 e. The number of ketones is 1. The predicted octanol–water partition coefficient (Wildman–Crippen LogP) is 5.86. The van der Waals surface area contributed by atoms with Crippen molar-refractivity contribution in [1.29, 1.82) is 0 Å². The molecule has 1 aliphatic carbocycles. The smallest absolute Gasteiger partial charge is 0.185 e. The lowest BCUT2D eigenvalue weighted by molar-refractivity contribution is 0.0993. The summed E-state index contributed by atoms with van der Waals surface area (Å²) >= 11 is 18.4. The summed E-state index contributed by atoms with van der Waals surface area (Å²) in [6.07, 6.45) is 0.907. The molecule has 0 fully saturated rings. The van der Waals surface area contributed by atoms with Gasteiger partial charge in [0.15, 0.2) is 15.6 Å². The Bertz CT molecular complexity index is 1290. The van der Waals surface area contributed by atoms with Gasteiger partial charge in [0.05, 0.1) is 25.8 Å². The number of rotatable bonds is 5. The maximum atomic E-state index is 13.5. The van der Waals surface area contributed by atoms with Gasteiger partial charge in [-0.3, -0.25) is 4.79 Å². The van der Waals surface area contributed by atoms with Crippen molar-refractivity contribution < 1.29 is 13.2 Å². The Morgan fingerprint density at radius 3 is 2.34 bits per heavy atom. The second kappa shape index (κ2) is 9.16. The highest BCUT2D eigenvalue weighted by atomic mass is 35.5. The number of carbonyl (C=O) groups excluding carboxylic acids is 1. The summed E-state index contributed by atoms with van der Waals surface area (Å²) in [6.45, 7) is 0. The van der Waals surface area contributed by atoms with Gasteiger partial charge in [-0.1, -0.05) is 65.1 Å². The van der Waals surface area contributed by atoms with Crippen molar-refractivity contribution in [3.8, 4) is 0 Å². The molecule has 1 aliphatic rings. The van der Waals surface area contributed by atoms with Crippen molar-refractivity contribution >= 4 is 50.4 Å². The van der Waals surface area contributed by atoms with E-state index < -0.39 is 15.1 Å². The molecule has 4 nitrogen and oxygen atoms in total.